The minimum absolute atomic E-state index is 0.0875. The quantitative estimate of drug-likeness (QED) is 0.936. The molecule has 1 aromatic heterocycles. The van der Waals surface area contributed by atoms with Crippen LogP contribution in [-0.4, -0.2) is 37.4 Å². The third-order valence-corrected chi connectivity index (χ3v) is 5.45. The van der Waals surface area contributed by atoms with E-state index in [-0.39, 0.29) is 18.0 Å². The van der Waals surface area contributed by atoms with Crippen LogP contribution in [0.1, 0.15) is 54.9 Å². The summed E-state index contributed by atoms with van der Waals surface area (Å²) in [5.41, 5.74) is 1.04. The first-order valence-electron chi connectivity index (χ1n) is 8.67. The second-order valence-electron chi connectivity index (χ2n) is 7.05. The van der Waals surface area contributed by atoms with E-state index in [2.05, 4.69) is 19.7 Å². The van der Waals surface area contributed by atoms with E-state index in [1.165, 1.54) is 31.4 Å². The number of rotatable bonds is 4. The summed E-state index contributed by atoms with van der Waals surface area (Å²) in [7, 11) is 2.03. The molecule has 1 aliphatic carbocycles. The van der Waals surface area contributed by atoms with Crippen LogP contribution in [0.25, 0.3) is 0 Å². The number of benzene rings is 1. The van der Waals surface area contributed by atoms with Crippen molar-refractivity contribution in [1.82, 2.24) is 19.7 Å². The molecule has 0 bridgehead atoms. The molecule has 1 saturated carbocycles. The van der Waals surface area contributed by atoms with Gasteiger partial charge in [0.15, 0.2) is 0 Å². The number of aromatic nitrogens is 3. The van der Waals surface area contributed by atoms with Gasteiger partial charge in [-0.05, 0) is 37.0 Å². The van der Waals surface area contributed by atoms with E-state index < -0.39 is 0 Å². The molecule has 2 heterocycles. The topological polar surface area (TPSA) is 54.2 Å². The second-order valence-corrected chi connectivity index (χ2v) is 7.05. The average molecular weight is 330 g/mol. The zero-order valence-electron chi connectivity index (χ0n) is 13.9. The smallest absolute Gasteiger partial charge is 0.146 e. The Labute approximate surface area is 141 Å². The summed E-state index contributed by atoms with van der Waals surface area (Å²) in [4.78, 5) is 2.21. The van der Waals surface area contributed by atoms with Gasteiger partial charge in [0.05, 0.1) is 12.6 Å². The lowest BCUT2D eigenvalue weighted by Crippen LogP contribution is -2.26. The third-order valence-electron chi connectivity index (χ3n) is 5.45. The fourth-order valence-electron chi connectivity index (χ4n) is 3.80. The number of aliphatic hydroxyl groups excluding tert-OH is 1. The van der Waals surface area contributed by atoms with Gasteiger partial charge in [0.25, 0.3) is 0 Å². The molecular weight excluding hydrogens is 307 g/mol. The van der Waals surface area contributed by atoms with Gasteiger partial charge in [-0.25, -0.2) is 4.39 Å². The lowest BCUT2D eigenvalue weighted by Gasteiger charge is -2.26. The molecule has 2 aliphatic rings. The standard InChI is InChI=1S/C18H23FN4O/c1-22-17(20-21-18(22)13-3-2-4-13)11-23-10-15(24)9-16(23)12-5-7-14(19)8-6-12/h5-8,13,15-16,24H,2-4,9-11H2,1H3/t15-,16-/m1/s1. The Hall–Kier alpha value is -1.79. The number of halogens is 1. The van der Waals surface area contributed by atoms with Gasteiger partial charge >= 0.3 is 0 Å². The molecule has 2 atom stereocenters. The minimum atomic E-state index is -0.362. The first-order chi connectivity index (χ1) is 11.6. The predicted octanol–water partition coefficient (Wildman–Crippen LogP) is 2.53. The van der Waals surface area contributed by atoms with Gasteiger partial charge in [-0.1, -0.05) is 18.6 Å². The Morgan fingerprint density at radius 1 is 1.21 bits per heavy atom. The third kappa shape index (κ3) is 2.84. The number of β-amino-alcohol motifs (C(OH)–C–C–N with tert-alkyl or cyclic N) is 1. The van der Waals surface area contributed by atoms with Crippen LogP contribution in [0.3, 0.4) is 0 Å². The fraction of sp³-hybridized carbons (Fsp3) is 0.556. The van der Waals surface area contributed by atoms with E-state index in [0.717, 1.165) is 17.2 Å². The monoisotopic (exact) mass is 330 g/mol. The Kier molecular flexibility index (Phi) is 4.10. The molecule has 2 fully saturated rings. The summed E-state index contributed by atoms with van der Waals surface area (Å²) in [6, 6.07) is 6.66. The number of aliphatic hydroxyl groups is 1. The highest BCUT2D eigenvalue weighted by atomic mass is 19.1. The summed E-state index contributed by atoms with van der Waals surface area (Å²) < 4.78 is 15.3. The number of hydrogen-bond donors (Lipinski definition) is 1. The van der Waals surface area contributed by atoms with Crippen LogP contribution in [0.4, 0.5) is 4.39 Å². The van der Waals surface area contributed by atoms with Crippen molar-refractivity contribution in [3.63, 3.8) is 0 Å². The van der Waals surface area contributed by atoms with Crippen molar-refractivity contribution in [3.8, 4) is 0 Å². The maximum Gasteiger partial charge on any atom is 0.146 e. The first-order valence-corrected chi connectivity index (χ1v) is 8.67. The van der Waals surface area contributed by atoms with Gasteiger partial charge in [-0.15, -0.1) is 10.2 Å². The van der Waals surface area contributed by atoms with Crippen molar-refractivity contribution in [2.24, 2.45) is 7.05 Å². The Balaban J connectivity index is 1.54. The molecule has 1 aromatic carbocycles. The van der Waals surface area contributed by atoms with Crippen molar-refractivity contribution in [2.45, 2.75) is 50.3 Å². The lowest BCUT2D eigenvalue weighted by molar-refractivity contribution is 0.170. The Bertz CT molecular complexity index is 710. The number of hydrogen-bond acceptors (Lipinski definition) is 4. The number of likely N-dealkylation sites (tertiary alicyclic amines) is 1. The van der Waals surface area contributed by atoms with E-state index in [9.17, 15) is 9.50 Å². The maximum atomic E-state index is 13.2. The second kappa shape index (κ2) is 6.26. The molecule has 0 amide bonds. The predicted molar refractivity (Wildman–Crippen MR) is 87.8 cm³/mol. The molecule has 24 heavy (non-hydrogen) atoms. The van der Waals surface area contributed by atoms with Crippen LogP contribution in [0, 0.1) is 5.82 Å². The van der Waals surface area contributed by atoms with Crippen LogP contribution in [-0.2, 0) is 13.6 Å². The fourth-order valence-corrected chi connectivity index (χ4v) is 3.80. The molecule has 1 N–H and O–H groups in total. The molecule has 0 radical (unpaired) electrons. The van der Waals surface area contributed by atoms with Crippen molar-refractivity contribution >= 4 is 0 Å². The highest BCUT2D eigenvalue weighted by Crippen LogP contribution is 2.36. The molecule has 128 valence electrons. The summed E-state index contributed by atoms with van der Waals surface area (Å²) >= 11 is 0. The van der Waals surface area contributed by atoms with Gasteiger partial charge < -0.3 is 9.67 Å². The van der Waals surface area contributed by atoms with E-state index in [1.54, 1.807) is 0 Å². The molecule has 2 aromatic rings. The summed E-state index contributed by atoms with van der Waals surface area (Å²) in [6.45, 7) is 1.25. The Morgan fingerprint density at radius 2 is 1.96 bits per heavy atom. The van der Waals surface area contributed by atoms with Gasteiger partial charge in [-0.3, -0.25) is 4.90 Å². The van der Waals surface area contributed by atoms with Gasteiger partial charge in [0.1, 0.15) is 17.5 Å². The van der Waals surface area contributed by atoms with E-state index in [1.807, 2.05) is 19.2 Å². The average Bonchev–Trinajstić information content (AvgIpc) is 3.04. The molecule has 4 rings (SSSR count). The van der Waals surface area contributed by atoms with Gasteiger partial charge in [0.2, 0.25) is 0 Å². The van der Waals surface area contributed by atoms with Crippen LogP contribution in [0.5, 0.6) is 0 Å². The maximum absolute atomic E-state index is 13.2. The zero-order valence-corrected chi connectivity index (χ0v) is 13.9. The molecule has 6 heteroatoms. The SMILES string of the molecule is Cn1c(CN2C[C@H](O)C[C@@H]2c2ccc(F)cc2)nnc1C1CCC1. The summed E-state index contributed by atoms with van der Waals surface area (Å²) in [5, 5.41) is 18.9. The van der Waals surface area contributed by atoms with Crippen molar-refractivity contribution in [3.05, 3.63) is 47.3 Å². The van der Waals surface area contributed by atoms with Crippen molar-refractivity contribution < 1.29 is 9.50 Å². The highest BCUT2D eigenvalue weighted by molar-refractivity contribution is 5.21. The molecule has 5 nitrogen and oxygen atoms in total. The van der Waals surface area contributed by atoms with Gasteiger partial charge in [0, 0.05) is 25.6 Å². The Morgan fingerprint density at radius 3 is 2.62 bits per heavy atom. The molecule has 0 unspecified atom stereocenters. The summed E-state index contributed by atoms with van der Waals surface area (Å²) in [6.07, 6.45) is 3.98. The summed E-state index contributed by atoms with van der Waals surface area (Å²) in [5.74, 6) is 2.32. The van der Waals surface area contributed by atoms with E-state index in [4.69, 9.17) is 0 Å². The van der Waals surface area contributed by atoms with Crippen molar-refractivity contribution in [2.75, 3.05) is 6.54 Å². The van der Waals surface area contributed by atoms with Crippen LogP contribution in [0.2, 0.25) is 0 Å². The molecule has 1 saturated heterocycles. The normalized spacial score (nSPS) is 25.1. The first kappa shape index (κ1) is 15.7. The zero-order chi connectivity index (χ0) is 16.7. The largest absolute Gasteiger partial charge is 0.392 e. The number of nitrogens with zero attached hydrogens (tertiary/aromatic N) is 4. The lowest BCUT2D eigenvalue weighted by atomic mass is 9.85. The highest BCUT2D eigenvalue weighted by Gasteiger charge is 2.33. The minimum Gasteiger partial charge on any atom is -0.392 e. The van der Waals surface area contributed by atoms with Crippen LogP contribution < -0.4 is 0 Å². The van der Waals surface area contributed by atoms with Crippen molar-refractivity contribution in [1.29, 1.82) is 0 Å². The molecule has 1 aliphatic heterocycles. The molecular formula is C18H23FN4O. The molecule has 0 spiro atoms. The van der Waals surface area contributed by atoms with Gasteiger partial charge in [-0.2, -0.15) is 0 Å². The van der Waals surface area contributed by atoms with E-state index in [0.29, 0.717) is 25.4 Å². The van der Waals surface area contributed by atoms with Crippen LogP contribution >= 0.6 is 0 Å². The van der Waals surface area contributed by atoms with E-state index >= 15 is 0 Å². The van der Waals surface area contributed by atoms with Crippen LogP contribution in [0.15, 0.2) is 24.3 Å².